The van der Waals surface area contributed by atoms with Crippen LogP contribution in [0.5, 0.6) is 0 Å². The van der Waals surface area contributed by atoms with Crippen molar-refractivity contribution >= 4 is 11.8 Å². The third-order valence-electron chi connectivity index (χ3n) is 8.12. The molecule has 1 atom stereocenters. The number of nitrogens with one attached hydrogen (secondary N) is 2. The highest BCUT2D eigenvalue weighted by atomic mass is 16.2. The van der Waals surface area contributed by atoms with E-state index in [2.05, 4.69) is 73.1 Å². The van der Waals surface area contributed by atoms with Crippen LogP contribution < -0.4 is 16.4 Å². The molecule has 0 saturated carbocycles. The second kappa shape index (κ2) is 36.3. The van der Waals surface area contributed by atoms with E-state index < -0.39 is 6.04 Å². The Balaban J connectivity index is 3.50. The summed E-state index contributed by atoms with van der Waals surface area (Å²) in [6.07, 6.45) is 47.3. The highest BCUT2D eigenvalue weighted by molar-refractivity contribution is 5.88. The van der Waals surface area contributed by atoms with E-state index in [0.717, 1.165) is 38.5 Å². The molecule has 5 heteroatoms. The van der Waals surface area contributed by atoms with Gasteiger partial charge >= 0.3 is 0 Å². The largest absolute Gasteiger partial charge is 0.356 e. The van der Waals surface area contributed by atoms with Gasteiger partial charge < -0.3 is 16.4 Å². The number of allylic oxidation sites excluding steroid dienone is 8. The minimum atomic E-state index is -0.773. The van der Waals surface area contributed by atoms with Gasteiger partial charge in [0.25, 0.3) is 0 Å². The Morgan fingerprint density at radius 2 is 0.844 bits per heavy atom. The number of nitrogens with two attached hydrogens (primary N) is 1. The zero-order chi connectivity index (χ0) is 32.9. The van der Waals surface area contributed by atoms with Crippen LogP contribution in [0.4, 0.5) is 0 Å². The van der Waals surface area contributed by atoms with Crippen LogP contribution in [0.25, 0.3) is 0 Å². The predicted molar refractivity (Wildman–Crippen MR) is 197 cm³/mol. The van der Waals surface area contributed by atoms with Crippen LogP contribution in [-0.4, -0.2) is 30.9 Å². The number of hydrogen-bond acceptors (Lipinski definition) is 3. The SMILES string of the molecule is CCCCC/C=C\C/C=C\CCCCCCCCNC(=O)CC(N)C(=O)NCCCCCCCC/C=C\C/C=C\CCCCC. The summed E-state index contributed by atoms with van der Waals surface area (Å²) in [6.45, 7) is 5.79. The molecule has 0 rings (SSSR count). The molecule has 0 saturated heterocycles. The molecule has 0 aliphatic carbocycles. The van der Waals surface area contributed by atoms with Crippen molar-refractivity contribution in [1.82, 2.24) is 10.6 Å². The van der Waals surface area contributed by atoms with Gasteiger partial charge in [-0.3, -0.25) is 9.59 Å². The lowest BCUT2D eigenvalue weighted by Gasteiger charge is -2.12. The van der Waals surface area contributed by atoms with E-state index in [1.807, 2.05) is 0 Å². The number of rotatable bonds is 33. The molecule has 260 valence electrons. The minimum Gasteiger partial charge on any atom is -0.356 e. The number of hydrogen-bond donors (Lipinski definition) is 3. The first-order valence-electron chi connectivity index (χ1n) is 19.0. The van der Waals surface area contributed by atoms with Gasteiger partial charge in [-0.25, -0.2) is 0 Å². The Morgan fingerprint density at radius 3 is 1.27 bits per heavy atom. The maximum absolute atomic E-state index is 12.2. The standard InChI is InChI=1S/C40H73N3O2/c1-3-5-7-9-11-13-15-17-19-21-23-25-27-29-31-33-35-42-39(44)37-38(41)40(45)43-36-34-32-30-28-26-24-22-20-18-16-14-12-10-8-6-4-2/h11-14,17-20,38H,3-10,15-16,21-37,41H2,1-2H3,(H,42,44)(H,43,45)/b13-11-,14-12-,19-17-,20-18-. The van der Waals surface area contributed by atoms with Gasteiger partial charge in [0.05, 0.1) is 12.5 Å². The molecule has 0 spiro atoms. The zero-order valence-corrected chi connectivity index (χ0v) is 29.7. The van der Waals surface area contributed by atoms with Crippen LogP contribution in [0.2, 0.25) is 0 Å². The monoisotopic (exact) mass is 628 g/mol. The van der Waals surface area contributed by atoms with Gasteiger partial charge in [0, 0.05) is 13.1 Å². The number of unbranched alkanes of at least 4 members (excludes halogenated alkanes) is 18. The first-order chi connectivity index (χ1) is 22.1. The van der Waals surface area contributed by atoms with Crippen molar-refractivity contribution < 1.29 is 9.59 Å². The summed E-state index contributed by atoms with van der Waals surface area (Å²) < 4.78 is 0. The van der Waals surface area contributed by atoms with Gasteiger partial charge in [-0.15, -0.1) is 0 Å². The highest BCUT2D eigenvalue weighted by Crippen LogP contribution is 2.09. The molecule has 0 aliphatic rings. The van der Waals surface area contributed by atoms with Gasteiger partial charge in [0.15, 0.2) is 0 Å². The Bertz CT molecular complexity index is 772. The maximum atomic E-state index is 12.2. The summed E-state index contributed by atoms with van der Waals surface area (Å²) in [5.41, 5.74) is 5.97. The quantitative estimate of drug-likeness (QED) is 0.0500. The lowest BCUT2D eigenvalue weighted by Crippen LogP contribution is -2.44. The van der Waals surface area contributed by atoms with Crippen molar-refractivity contribution in [3.63, 3.8) is 0 Å². The lowest BCUT2D eigenvalue weighted by molar-refractivity contribution is -0.127. The fourth-order valence-electron chi connectivity index (χ4n) is 5.16. The van der Waals surface area contributed by atoms with Crippen molar-refractivity contribution in [3.05, 3.63) is 48.6 Å². The fourth-order valence-corrected chi connectivity index (χ4v) is 5.16. The Kier molecular flexibility index (Phi) is 34.6. The highest BCUT2D eigenvalue weighted by Gasteiger charge is 2.16. The molecular weight excluding hydrogens is 554 g/mol. The molecule has 0 aliphatic heterocycles. The van der Waals surface area contributed by atoms with Crippen LogP contribution in [-0.2, 0) is 9.59 Å². The van der Waals surface area contributed by atoms with E-state index in [1.165, 1.54) is 116 Å². The third kappa shape index (κ3) is 34.6. The summed E-state index contributed by atoms with van der Waals surface area (Å²) in [5.74, 6) is -0.351. The maximum Gasteiger partial charge on any atom is 0.237 e. The van der Waals surface area contributed by atoms with Crippen LogP contribution in [0.3, 0.4) is 0 Å². The van der Waals surface area contributed by atoms with E-state index in [1.54, 1.807) is 0 Å². The molecule has 0 aromatic heterocycles. The van der Waals surface area contributed by atoms with Gasteiger partial charge in [-0.05, 0) is 77.0 Å². The summed E-state index contributed by atoms with van der Waals surface area (Å²) in [4.78, 5) is 24.4. The average molecular weight is 628 g/mol. The van der Waals surface area contributed by atoms with Crippen LogP contribution in [0.15, 0.2) is 48.6 Å². The van der Waals surface area contributed by atoms with E-state index in [-0.39, 0.29) is 18.2 Å². The van der Waals surface area contributed by atoms with Crippen molar-refractivity contribution in [2.75, 3.05) is 13.1 Å². The molecule has 0 aromatic carbocycles. The Morgan fingerprint density at radius 1 is 0.489 bits per heavy atom. The fraction of sp³-hybridized carbons (Fsp3) is 0.750. The molecule has 0 aromatic rings. The molecule has 1 unspecified atom stereocenters. The smallest absolute Gasteiger partial charge is 0.237 e. The summed E-state index contributed by atoms with van der Waals surface area (Å²) >= 11 is 0. The van der Waals surface area contributed by atoms with E-state index in [0.29, 0.717) is 13.1 Å². The van der Waals surface area contributed by atoms with Crippen molar-refractivity contribution in [3.8, 4) is 0 Å². The van der Waals surface area contributed by atoms with E-state index >= 15 is 0 Å². The van der Waals surface area contributed by atoms with Crippen LogP contribution in [0.1, 0.15) is 174 Å². The van der Waals surface area contributed by atoms with E-state index in [9.17, 15) is 9.59 Å². The second-order valence-corrected chi connectivity index (χ2v) is 12.6. The Hall–Kier alpha value is -2.14. The molecule has 45 heavy (non-hydrogen) atoms. The number of amides is 2. The van der Waals surface area contributed by atoms with E-state index in [4.69, 9.17) is 5.73 Å². The topological polar surface area (TPSA) is 84.2 Å². The molecule has 2 amide bonds. The Labute approximate surface area is 279 Å². The number of carbonyl (C=O) groups is 2. The van der Waals surface area contributed by atoms with Crippen molar-refractivity contribution in [2.24, 2.45) is 5.73 Å². The first kappa shape index (κ1) is 42.9. The van der Waals surface area contributed by atoms with Crippen LogP contribution in [0, 0.1) is 0 Å². The van der Waals surface area contributed by atoms with Crippen molar-refractivity contribution in [2.45, 2.75) is 180 Å². The molecule has 0 fully saturated rings. The predicted octanol–water partition coefficient (Wildman–Crippen LogP) is 10.6. The third-order valence-corrected chi connectivity index (χ3v) is 8.12. The van der Waals surface area contributed by atoms with Gasteiger partial charge in [0.2, 0.25) is 11.8 Å². The zero-order valence-electron chi connectivity index (χ0n) is 29.7. The minimum absolute atomic E-state index is 0.0533. The summed E-state index contributed by atoms with van der Waals surface area (Å²) in [7, 11) is 0. The lowest BCUT2D eigenvalue weighted by atomic mass is 10.1. The number of carbonyl (C=O) groups excluding carboxylic acids is 2. The molecular formula is C40H73N3O2. The molecule has 4 N–H and O–H groups in total. The van der Waals surface area contributed by atoms with Crippen molar-refractivity contribution in [1.29, 1.82) is 0 Å². The van der Waals surface area contributed by atoms with Gasteiger partial charge in [0.1, 0.15) is 0 Å². The molecule has 5 nitrogen and oxygen atoms in total. The summed E-state index contributed by atoms with van der Waals surface area (Å²) in [6, 6.07) is -0.773. The van der Waals surface area contributed by atoms with Gasteiger partial charge in [-0.1, -0.05) is 140 Å². The van der Waals surface area contributed by atoms with Crippen LogP contribution >= 0.6 is 0 Å². The first-order valence-corrected chi connectivity index (χ1v) is 19.0. The average Bonchev–Trinajstić information content (AvgIpc) is 3.03. The molecule has 0 bridgehead atoms. The molecule has 0 heterocycles. The van der Waals surface area contributed by atoms with Gasteiger partial charge in [-0.2, -0.15) is 0 Å². The second-order valence-electron chi connectivity index (χ2n) is 12.6. The normalized spacial score (nSPS) is 12.7. The molecule has 0 radical (unpaired) electrons. The summed E-state index contributed by atoms with van der Waals surface area (Å²) in [5, 5.41) is 5.82.